The number of carboxylic acids is 1. The Morgan fingerprint density at radius 3 is 2.45 bits per heavy atom. The van der Waals surface area contributed by atoms with Crippen LogP contribution in [0.3, 0.4) is 0 Å². The molecule has 1 atom stereocenters. The lowest BCUT2D eigenvalue weighted by atomic mass is 9.90. The van der Waals surface area contributed by atoms with E-state index in [1.807, 2.05) is 18.2 Å². The zero-order valence-electron chi connectivity index (χ0n) is 12.8. The summed E-state index contributed by atoms with van der Waals surface area (Å²) in [5, 5.41) is 12.2. The van der Waals surface area contributed by atoms with Crippen molar-refractivity contribution in [2.24, 2.45) is 5.41 Å². The topological polar surface area (TPSA) is 69.6 Å². The highest BCUT2D eigenvalue weighted by atomic mass is 16.4. The summed E-state index contributed by atoms with van der Waals surface area (Å²) >= 11 is 0. The van der Waals surface area contributed by atoms with Crippen molar-refractivity contribution in [1.29, 1.82) is 0 Å². The molecule has 1 aromatic rings. The van der Waals surface area contributed by atoms with Crippen LogP contribution in [-0.2, 0) is 10.2 Å². The van der Waals surface area contributed by atoms with E-state index in [0.717, 1.165) is 12.8 Å². The second-order valence-corrected chi connectivity index (χ2v) is 6.84. The third-order valence-electron chi connectivity index (χ3n) is 5.09. The van der Waals surface area contributed by atoms with Gasteiger partial charge >= 0.3 is 12.0 Å². The van der Waals surface area contributed by atoms with E-state index in [2.05, 4.69) is 17.4 Å². The van der Waals surface area contributed by atoms with Crippen molar-refractivity contribution < 1.29 is 14.7 Å². The Morgan fingerprint density at radius 1 is 1.23 bits per heavy atom. The summed E-state index contributed by atoms with van der Waals surface area (Å²) in [5.41, 5.74) is 0.535. The molecule has 3 rings (SSSR count). The van der Waals surface area contributed by atoms with Crippen LogP contribution in [0.15, 0.2) is 30.3 Å². The Morgan fingerprint density at radius 2 is 1.91 bits per heavy atom. The number of hydrogen-bond donors (Lipinski definition) is 2. The van der Waals surface area contributed by atoms with Gasteiger partial charge in [-0.1, -0.05) is 30.3 Å². The molecule has 2 N–H and O–H groups in total. The minimum Gasteiger partial charge on any atom is -0.481 e. The molecule has 0 bridgehead atoms. The fraction of sp³-hybridized carbons (Fsp3) is 0.529. The van der Waals surface area contributed by atoms with Gasteiger partial charge in [0.05, 0.1) is 5.41 Å². The molecule has 5 heteroatoms. The molecule has 2 amide bonds. The zero-order chi connectivity index (χ0) is 15.8. The average Bonchev–Trinajstić information content (AvgIpc) is 3.21. The van der Waals surface area contributed by atoms with Gasteiger partial charge in [-0.15, -0.1) is 0 Å². The van der Waals surface area contributed by atoms with Crippen LogP contribution in [0.25, 0.3) is 0 Å². The van der Waals surface area contributed by atoms with Crippen LogP contribution < -0.4 is 5.32 Å². The van der Waals surface area contributed by atoms with E-state index in [1.165, 1.54) is 5.56 Å². The Hall–Kier alpha value is -2.04. The van der Waals surface area contributed by atoms with Gasteiger partial charge in [0.1, 0.15) is 0 Å². The van der Waals surface area contributed by atoms with E-state index >= 15 is 0 Å². The van der Waals surface area contributed by atoms with Gasteiger partial charge < -0.3 is 15.3 Å². The second kappa shape index (κ2) is 5.30. The van der Waals surface area contributed by atoms with E-state index in [9.17, 15) is 14.7 Å². The Balaban J connectivity index is 1.57. The van der Waals surface area contributed by atoms with E-state index < -0.39 is 11.4 Å². The van der Waals surface area contributed by atoms with E-state index in [4.69, 9.17) is 0 Å². The first-order valence-electron chi connectivity index (χ1n) is 7.77. The maximum absolute atomic E-state index is 12.3. The molecule has 5 nitrogen and oxygen atoms in total. The van der Waals surface area contributed by atoms with Crippen molar-refractivity contribution in [3.05, 3.63) is 35.9 Å². The number of urea groups is 1. The second-order valence-electron chi connectivity index (χ2n) is 6.84. The lowest BCUT2D eigenvalue weighted by molar-refractivity contribution is -0.146. The summed E-state index contributed by atoms with van der Waals surface area (Å²) in [7, 11) is 0. The van der Waals surface area contributed by atoms with Crippen molar-refractivity contribution in [2.75, 3.05) is 19.6 Å². The fourth-order valence-corrected chi connectivity index (χ4v) is 3.18. The first-order chi connectivity index (χ1) is 10.5. The van der Waals surface area contributed by atoms with Crippen LogP contribution in [0.5, 0.6) is 0 Å². The number of hydrogen-bond acceptors (Lipinski definition) is 2. The van der Waals surface area contributed by atoms with Crippen molar-refractivity contribution in [3.8, 4) is 0 Å². The number of carbonyl (C=O) groups is 2. The number of aliphatic carboxylic acids is 1. The Labute approximate surface area is 130 Å². The number of carboxylic acid groups (broad SMARTS) is 1. The average molecular weight is 302 g/mol. The molecule has 118 valence electrons. The molecule has 2 aliphatic rings. The molecule has 2 fully saturated rings. The molecule has 22 heavy (non-hydrogen) atoms. The number of likely N-dealkylation sites (tertiary alicyclic amines) is 1. The normalized spacial score (nSPS) is 25.8. The predicted octanol–water partition coefficient (Wildman–Crippen LogP) is 2.22. The summed E-state index contributed by atoms with van der Waals surface area (Å²) in [6.07, 6.45) is 2.69. The highest BCUT2D eigenvalue weighted by Crippen LogP contribution is 2.47. The number of rotatable bonds is 4. The van der Waals surface area contributed by atoms with E-state index in [1.54, 1.807) is 11.8 Å². The lowest BCUT2D eigenvalue weighted by Gasteiger charge is -2.22. The van der Waals surface area contributed by atoms with Gasteiger partial charge in [0.15, 0.2) is 0 Å². The maximum Gasteiger partial charge on any atom is 0.317 e. The fourth-order valence-electron chi connectivity index (χ4n) is 3.18. The summed E-state index contributed by atoms with van der Waals surface area (Å²) in [5.74, 6) is -0.828. The molecule has 1 aromatic carbocycles. The number of nitrogens with one attached hydrogen (secondary N) is 1. The zero-order valence-corrected chi connectivity index (χ0v) is 12.8. The van der Waals surface area contributed by atoms with Gasteiger partial charge in [-0.3, -0.25) is 4.79 Å². The molecule has 1 heterocycles. The summed E-state index contributed by atoms with van der Waals surface area (Å²) in [4.78, 5) is 25.1. The maximum atomic E-state index is 12.3. The quantitative estimate of drug-likeness (QED) is 0.896. The third-order valence-corrected chi connectivity index (χ3v) is 5.09. The summed E-state index contributed by atoms with van der Waals surface area (Å²) in [6, 6.07) is 10.1. The number of carbonyl (C=O) groups excluding carboxylic acids is 1. The molecular weight excluding hydrogens is 280 g/mol. The van der Waals surface area contributed by atoms with Crippen molar-refractivity contribution >= 4 is 12.0 Å². The van der Waals surface area contributed by atoms with Gasteiger partial charge in [0.25, 0.3) is 0 Å². The van der Waals surface area contributed by atoms with Crippen LogP contribution >= 0.6 is 0 Å². The number of nitrogens with zero attached hydrogens (tertiary/aromatic N) is 1. The van der Waals surface area contributed by atoms with Crippen LogP contribution in [0, 0.1) is 5.41 Å². The van der Waals surface area contributed by atoms with Crippen molar-refractivity contribution in [1.82, 2.24) is 10.2 Å². The standard InChI is InChI=1S/C17H22N2O3/c1-16(14(20)21)9-10-19(12-16)15(22)18-11-17(7-8-17)13-5-3-2-4-6-13/h2-6H,7-12H2,1H3,(H,18,22)(H,20,21). The van der Waals surface area contributed by atoms with Crippen molar-refractivity contribution in [3.63, 3.8) is 0 Å². The highest BCUT2D eigenvalue weighted by Gasteiger charge is 2.46. The van der Waals surface area contributed by atoms with Crippen LogP contribution in [0.1, 0.15) is 31.7 Å². The van der Waals surface area contributed by atoms with E-state index in [-0.39, 0.29) is 18.0 Å². The minimum absolute atomic E-state index is 0.0761. The highest BCUT2D eigenvalue weighted by molar-refractivity contribution is 5.79. The number of benzene rings is 1. The Kier molecular flexibility index (Phi) is 3.59. The van der Waals surface area contributed by atoms with Gasteiger partial charge in [0, 0.05) is 25.0 Å². The van der Waals surface area contributed by atoms with Gasteiger partial charge in [-0.25, -0.2) is 4.79 Å². The van der Waals surface area contributed by atoms with E-state index in [0.29, 0.717) is 19.5 Å². The summed E-state index contributed by atoms with van der Waals surface area (Å²) in [6.45, 7) is 3.12. The minimum atomic E-state index is -0.828. The van der Waals surface area contributed by atoms with Crippen LogP contribution in [-0.4, -0.2) is 41.6 Å². The lowest BCUT2D eigenvalue weighted by Crippen LogP contribution is -2.43. The first-order valence-corrected chi connectivity index (χ1v) is 7.77. The van der Waals surface area contributed by atoms with Crippen LogP contribution in [0.2, 0.25) is 0 Å². The molecule has 0 aromatic heterocycles. The molecule has 0 radical (unpaired) electrons. The Bertz CT molecular complexity index is 583. The van der Waals surface area contributed by atoms with Gasteiger partial charge in [-0.2, -0.15) is 0 Å². The molecule has 1 aliphatic heterocycles. The summed E-state index contributed by atoms with van der Waals surface area (Å²) < 4.78 is 0. The SMILES string of the molecule is CC1(C(=O)O)CCN(C(=O)NCC2(c3ccccc3)CC2)C1. The first kappa shape index (κ1) is 14.9. The smallest absolute Gasteiger partial charge is 0.317 e. The predicted molar refractivity (Wildman–Crippen MR) is 82.7 cm³/mol. The molecule has 1 unspecified atom stereocenters. The molecule has 1 aliphatic carbocycles. The van der Waals surface area contributed by atoms with Crippen LogP contribution in [0.4, 0.5) is 4.79 Å². The van der Waals surface area contributed by atoms with Gasteiger partial charge in [-0.05, 0) is 31.7 Å². The monoisotopic (exact) mass is 302 g/mol. The number of amides is 2. The third kappa shape index (κ3) is 2.67. The molecule has 0 spiro atoms. The largest absolute Gasteiger partial charge is 0.481 e. The molecule has 1 saturated heterocycles. The molecular formula is C17H22N2O3. The van der Waals surface area contributed by atoms with Crippen molar-refractivity contribution in [2.45, 2.75) is 31.6 Å². The molecule has 1 saturated carbocycles. The van der Waals surface area contributed by atoms with Gasteiger partial charge in [0.2, 0.25) is 0 Å².